The number of carbonyl (C=O) groups excluding carboxylic acids is 1. The molecule has 1 aliphatic carbocycles. The first kappa shape index (κ1) is 14.3. The molecule has 0 aromatic rings. The fourth-order valence-corrected chi connectivity index (χ4v) is 3.56. The molecule has 1 unspecified atom stereocenters. The molecule has 1 N–H and O–H groups in total. The molecule has 0 spiro atoms. The lowest BCUT2D eigenvalue weighted by Crippen LogP contribution is -2.47. The highest BCUT2D eigenvalue weighted by molar-refractivity contribution is 5.77. The smallest absolute Gasteiger partial charge is 0.224 e. The Morgan fingerprint density at radius 1 is 1.10 bits per heavy atom. The summed E-state index contributed by atoms with van der Waals surface area (Å²) in [7, 11) is 0. The molecule has 0 aromatic heterocycles. The van der Waals surface area contributed by atoms with Gasteiger partial charge in [-0.2, -0.15) is 0 Å². The van der Waals surface area contributed by atoms with Crippen LogP contribution in [0.3, 0.4) is 0 Å². The van der Waals surface area contributed by atoms with Crippen LogP contribution in [0.2, 0.25) is 0 Å². The maximum absolute atomic E-state index is 12.5. The second kappa shape index (κ2) is 6.90. The summed E-state index contributed by atoms with van der Waals surface area (Å²) >= 11 is 0. The number of nitrogens with one attached hydrogen (secondary N) is 1. The van der Waals surface area contributed by atoms with Gasteiger partial charge in [-0.05, 0) is 58.2 Å². The zero-order valence-electron chi connectivity index (χ0n) is 12.6. The Balaban J connectivity index is 1.46. The lowest BCUT2D eigenvalue weighted by Gasteiger charge is -2.31. The Bertz CT molecular complexity index is 318. The minimum atomic E-state index is 0.395. The SMILES string of the molecule is O=C(CCN1CCCC1)N(CC1CCCCN1)C1CC1. The Labute approximate surface area is 122 Å². The second-order valence-corrected chi connectivity index (χ2v) is 6.72. The topological polar surface area (TPSA) is 35.6 Å². The van der Waals surface area contributed by atoms with Gasteiger partial charge in [0, 0.05) is 31.6 Å². The van der Waals surface area contributed by atoms with E-state index < -0.39 is 0 Å². The predicted molar refractivity (Wildman–Crippen MR) is 80.7 cm³/mol. The maximum atomic E-state index is 12.5. The Morgan fingerprint density at radius 2 is 1.90 bits per heavy atom. The van der Waals surface area contributed by atoms with Crippen molar-refractivity contribution in [2.45, 2.75) is 63.5 Å². The predicted octanol–water partition coefficient (Wildman–Crippen LogP) is 1.61. The summed E-state index contributed by atoms with van der Waals surface area (Å²) < 4.78 is 0. The number of hydrogen-bond acceptors (Lipinski definition) is 3. The number of amides is 1. The van der Waals surface area contributed by atoms with Crippen molar-refractivity contribution < 1.29 is 4.79 Å². The molecule has 3 rings (SSSR count). The number of carbonyl (C=O) groups is 1. The molecule has 1 amide bonds. The molecule has 1 saturated carbocycles. The van der Waals surface area contributed by atoms with Crippen molar-refractivity contribution in [1.29, 1.82) is 0 Å². The van der Waals surface area contributed by atoms with Crippen LogP contribution >= 0.6 is 0 Å². The molecule has 1 atom stereocenters. The first-order valence-electron chi connectivity index (χ1n) is 8.58. The molecule has 3 fully saturated rings. The fraction of sp³-hybridized carbons (Fsp3) is 0.938. The second-order valence-electron chi connectivity index (χ2n) is 6.72. The van der Waals surface area contributed by atoms with Crippen LogP contribution < -0.4 is 5.32 Å². The van der Waals surface area contributed by atoms with Crippen LogP contribution in [0.4, 0.5) is 0 Å². The van der Waals surface area contributed by atoms with Gasteiger partial charge in [0.1, 0.15) is 0 Å². The number of hydrogen-bond donors (Lipinski definition) is 1. The van der Waals surface area contributed by atoms with Crippen molar-refractivity contribution in [1.82, 2.24) is 15.1 Å². The van der Waals surface area contributed by atoms with Crippen LogP contribution in [0.25, 0.3) is 0 Å². The van der Waals surface area contributed by atoms with Crippen LogP contribution in [0.5, 0.6) is 0 Å². The van der Waals surface area contributed by atoms with Crippen LogP contribution in [0.1, 0.15) is 51.4 Å². The highest BCUT2D eigenvalue weighted by Crippen LogP contribution is 2.28. The fourth-order valence-electron chi connectivity index (χ4n) is 3.56. The average molecular weight is 279 g/mol. The molecule has 114 valence electrons. The van der Waals surface area contributed by atoms with Crippen molar-refractivity contribution in [2.24, 2.45) is 0 Å². The standard InChI is InChI=1S/C16H29N3O/c20-16(8-12-18-10-3-4-11-18)19(15-6-7-15)13-14-5-1-2-9-17-14/h14-15,17H,1-13H2. The van der Waals surface area contributed by atoms with Crippen molar-refractivity contribution in [3.63, 3.8) is 0 Å². The normalized spacial score (nSPS) is 27.7. The molecule has 0 bridgehead atoms. The highest BCUT2D eigenvalue weighted by atomic mass is 16.2. The highest BCUT2D eigenvalue weighted by Gasteiger charge is 2.34. The number of nitrogens with zero attached hydrogens (tertiary/aromatic N) is 2. The van der Waals surface area contributed by atoms with Gasteiger partial charge in [0.2, 0.25) is 5.91 Å². The van der Waals surface area contributed by atoms with Crippen molar-refractivity contribution in [2.75, 3.05) is 32.7 Å². The van der Waals surface area contributed by atoms with Gasteiger partial charge >= 0.3 is 0 Å². The number of rotatable bonds is 6. The summed E-state index contributed by atoms with van der Waals surface area (Å²) in [6, 6.07) is 1.10. The summed E-state index contributed by atoms with van der Waals surface area (Å²) in [4.78, 5) is 17.2. The lowest BCUT2D eigenvalue weighted by atomic mass is 10.0. The minimum Gasteiger partial charge on any atom is -0.338 e. The van der Waals surface area contributed by atoms with Crippen molar-refractivity contribution in [3.05, 3.63) is 0 Å². The van der Waals surface area contributed by atoms with Crippen LogP contribution in [0.15, 0.2) is 0 Å². The van der Waals surface area contributed by atoms with Crippen LogP contribution in [0, 0.1) is 0 Å². The molecule has 0 radical (unpaired) electrons. The third kappa shape index (κ3) is 3.95. The lowest BCUT2D eigenvalue weighted by molar-refractivity contribution is -0.132. The van der Waals surface area contributed by atoms with Crippen LogP contribution in [-0.2, 0) is 4.79 Å². The maximum Gasteiger partial charge on any atom is 0.224 e. The van der Waals surface area contributed by atoms with Gasteiger partial charge in [0.25, 0.3) is 0 Å². The summed E-state index contributed by atoms with van der Waals surface area (Å²) in [5.74, 6) is 0.395. The molecule has 2 aliphatic heterocycles. The first-order chi connectivity index (χ1) is 9.83. The molecular weight excluding hydrogens is 250 g/mol. The summed E-state index contributed by atoms with van der Waals surface area (Å²) in [5, 5.41) is 3.58. The van der Waals surface area contributed by atoms with Gasteiger partial charge in [-0.1, -0.05) is 6.42 Å². The zero-order chi connectivity index (χ0) is 13.8. The molecule has 4 heteroatoms. The van der Waals surface area contributed by atoms with E-state index in [9.17, 15) is 4.79 Å². The van der Waals surface area contributed by atoms with E-state index in [0.29, 0.717) is 18.0 Å². The van der Waals surface area contributed by atoms with E-state index in [4.69, 9.17) is 0 Å². The molecule has 4 nitrogen and oxygen atoms in total. The van der Waals surface area contributed by atoms with E-state index in [2.05, 4.69) is 15.1 Å². The first-order valence-corrected chi connectivity index (χ1v) is 8.58. The zero-order valence-corrected chi connectivity index (χ0v) is 12.6. The summed E-state index contributed by atoms with van der Waals surface area (Å²) in [6.45, 7) is 5.44. The van der Waals surface area contributed by atoms with Gasteiger partial charge < -0.3 is 15.1 Å². The molecule has 2 saturated heterocycles. The summed E-state index contributed by atoms with van der Waals surface area (Å²) in [6.07, 6.45) is 9.65. The van der Waals surface area contributed by atoms with E-state index in [0.717, 1.165) is 26.1 Å². The largest absolute Gasteiger partial charge is 0.338 e. The van der Waals surface area contributed by atoms with E-state index >= 15 is 0 Å². The van der Waals surface area contributed by atoms with E-state index in [1.54, 1.807) is 0 Å². The quantitative estimate of drug-likeness (QED) is 0.802. The molecule has 3 aliphatic rings. The van der Waals surface area contributed by atoms with Gasteiger partial charge in [-0.15, -0.1) is 0 Å². The number of piperidine rings is 1. The number of likely N-dealkylation sites (tertiary alicyclic amines) is 1. The van der Waals surface area contributed by atoms with Gasteiger partial charge in [-0.25, -0.2) is 0 Å². The van der Waals surface area contributed by atoms with E-state index in [1.807, 2.05) is 0 Å². The Kier molecular flexibility index (Phi) is 4.94. The van der Waals surface area contributed by atoms with E-state index in [1.165, 1.54) is 58.0 Å². The third-order valence-electron chi connectivity index (χ3n) is 4.98. The monoisotopic (exact) mass is 279 g/mol. The van der Waals surface area contributed by atoms with Crippen molar-refractivity contribution in [3.8, 4) is 0 Å². The van der Waals surface area contributed by atoms with Gasteiger partial charge in [0.15, 0.2) is 0 Å². The molecule has 0 aromatic carbocycles. The average Bonchev–Trinajstić information content (AvgIpc) is 3.19. The third-order valence-corrected chi connectivity index (χ3v) is 4.98. The molecule has 20 heavy (non-hydrogen) atoms. The molecular formula is C16H29N3O. The Hall–Kier alpha value is -0.610. The van der Waals surface area contributed by atoms with Gasteiger partial charge in [-0.3, -0.25) is 4.79 Å². The van der Waals surface area contributed by atoms with Crippen molar-refractivity contribution >= 4 is 5.91 Å². The Morgan fingerprint density at radius 3 is 2.55 bits per heavy atom. The molecule has 2 heterocycles. The summed E-state index contributed by atoms with van der Waals surface area (Å²) in [5.41, 5.74) is 0. The van der Waals surface area contributed by atoms with Crippen LogP contribution in [-0.4, -0.2) is 60.5 Å². The van der Waals surface area contributed by atoms with Gasteiger partial charge in [0.05, 0.1) is 0 Å². The minimum absolute atomic E-state index is 0.395. The van der Waals surface area contributed by atoms with E-state index in [-0.39, 0.29) is 0 Å².